The van der Waals surface area contributed by atoms with Gasteiger partial charge in [-0.3, -0.25) is 9.59 Å². The number of amides is 2. The van der Waals surface area contributed by atoms with Gasteiger partial charge in [0.2, 0.25) is 0 Å². The number of fused-ring (bicyclic) bond motifs is 1. The van der Waals surface area contributed by atoms with E-state index in [0.29, 0.717) is 4.88 Å². The maximum Gasteiger partial charge on any atom is 0.348 e. The van der Waals surface area contributed by atoms with Crippen molar-refractivity contribution >= 4 is 56.4 Å². The molecule has 4 aromatic rings. The average molecular weight is 438 g/mol. The van der Waals surface area contributed by atoms with Gasteiger partial charge in [-0.25, -0.2) is 9.78 Å². The smallest absolute Gasteiger partial charge is 0.348 e. The number of rotatable bonds is 6. The molecule has 0 unspecified atom stereocenters. The van der Waals surface area contributed by atoms with Crippen LogP contribution in [0.1, 0.15) is 20.0 Å². The lowest BCUT2D eigenvalue weighted by Gasteiger charge is -2.08. The largest absolute Gasteiger partial charge is 0.451 e. The lowest BCUT2D eigenvalue weighted by molar-refractivity contribution is -0.119. The van der Waals surface area contributed by atoms with Crippen molar-refractivity contribution in [3.8, 4) is 9.88 Å². The van der Waals surface area contributed by atoms with Crippen molar-refractivity contribution < 1.29 is 19.1 Å². The molecule has 4 rings (SSSR count). The van der Waals surface area contributed by atoms with Gasteiger partial charge in [0.15, 0.2) is 6.61 Å². The molecular weight excluding hydrogens is 422 g/mol. The van der Waals surface area contributed by atoms with E-state index in [1.165, 1.54) is 17.4 Å². The number of ether oxygens (including phenoxy) is 1. The Bertz CT molecular complexity index is 1230. The van der Waals surface area contributed by atoms with Crippen LogP contribution in [0.25, 0.3) is 20.1 Å². The van der Waals surface area contributed by atoms with Crippen molar-refractivity contribution in [3.63, 3.8) is 0 Å². The first-order valence-corrected chi connectivity index (χ1v) is 10.5. The Morgan fingerprint density at radius 2 is 1.73 bits per heavy atom. The zero-order valence-corrected chi connectivity index (χ0v) is 17.1. The van der Waals surface area contributed by atoms with Crippen molar-refractivity contribution in [2.45, 2.75) is 0 Å². The molecule has 0 aliphatic heterocycles. The molecule has 9 heteroatoms. The van der Waals surface area contributed by atoms with E-state index >= 15 is 0 Å². The number of nitrogens with one attached hydrogen (secondary N) is 1. The number of aromatic nitrogens is 1. The fraction of sp³-hybridized carbons (Fsp3) is 0.0476. The molecule has 0 spiro atoms. The van der Waals surface area contributed by atoms with Crippen molar-refractivity contribution in [2.75, 3.05) is 11.9 Å². The number of thiophene rings is 1. The van der Waals surface area contributed by atoms with Gasteiger partial charge in [0.1, 0.15) is 9.88 Å². The van der Waals surface area contributed by atoms with Crippen LogP contribution >= 0.6 is 22.7 Å². The van der Waals surface area contributed by atoms with Gasteiger partial charge >= 0.3 is 5.97 Å². The third-order valence-electron chi connectivity index (χ3n) is 4.11. The van der Waals surface area contributed by atoms with Crippen LogP contribution in [0.3, 0.4) is 0 Å². The first-order chi connectivity index (χ1) is 14.5. The number of nitrogens with two attached hydrogens (primary N) is 1. The molecule has 2 amide bonds. The number of carbonyl (C=O) groups excluding carboxylic acids is 3. The number of nitrogens with zero attached hydrogens (tertiary/aromatic N) is 1. The molecule has 150 valence electrons. The predicted molar refractivity (Wildman–Crippen MR) is 117 cm³/mol. The number of anilines is 1. The molecule has 30 heavy (non-hydrogen) atoms. The minimum absolute atomic E-state index is 0.177. The number of carbonyl (C=O) groups is 3. The molecule has 0 saturated heterocycles. The van der Waals surface area contributed by atoms with E-state index < -0.39 is 24.4 Å². The summed E-state index contributed by atoms with van der Waals surface area (Å²) in [5, 5.41) is 3.34. The van der Waals surface area contributed by atoms with E-state index in [2.05, 4.69) is 10.3 Å². The van der Waals surface area contributed by atoms with Gasteiger partial charge < -0.3 is 15.8 Å². The first-order valence-electron chi connectivity index (χ1n) is 8.83. The molecule has 0 bridgehead atoms. The van der Waals surface area contributed by atoms with E-state index in [0.717, 1.165) is 20.1 Å². The molecule has 2 aromatic heterocycles. The van der Waals surface area contributed by atoms with Gasteiger partial charge in [-0.15, -0.1) is 22.7 Å². The summed E-state index contributed by atoms with van der Waals surface area (Å²) in [6.45, 7) is -0.486. The third kappa shape index (κ3) is 4.22. The van der Waals surface area contributed by atoms with Crippen LogP contribution in [-0.2, 0) is 9.53 Å². The SMILES string of the molecule is NC(=O)c1ccccc1NC(=O)COC(=O)c1ccc(-c2nc3ccccc3s2)s1. The van der Waals surface area contributed by atoms with E-state index in [-0.39, 0.29) is 11.3 Å². The summed E-state index contributed by atoms with van der Waals surface area (Å²) in [6, 6.07) is 17.6. The number of primary amides is 1. The second kappa shape index (κ2) is 8.44. The highest BCUT2D eigenvalue weighted by atomic mass is 32.1. The maximum absolute atomic E-state index is 12.3. The third-order valence-corrected chi connectivity index (χ3v) is 6.38. The van der Waals surface area contributed by atoms with Gasteiger partial charge in [-0.2, -0.15) is 0 Å². The molecule has 2 heterocycles. The highest BCUT2D eigenvalue weighted by molar-refractivity contribution is 7.26. The van der Waals surface area contributed by atoms with Crippen molar-refractivity contribution in [2.24, 2.45) is 5.73 Å². The fourth-order valence-electron chi connectivity index (χ4n) is 2.74. The number of benzene rings is 2. The lowest BCUT2D eigenvalue weighted by Crippen LogP contribution is -2.23. The summed E-state index contributed by atoms with van der Waals surface area (Å²) >= 11 is 2.80. The van der Waals surface area contributed by atoms with Crippen molar-refractivity contribution in [1.82, 2.24) is 4.98 Å². The van der Waals surface area contributed by atoms with Crippen LogP contribution in [0, 0.1) is 0 Å². The quantitative estimate of drug-likeness (QED) is 0.444. The minimum Gasteiger partial charge on any atom is -0.451 e. The van der Waals surface area contributed by atoms with Crippen LogP contribution in [0.15, 0.2) is 60.7 Å². The number of esters is 1. The van der Waals surface area contributed by atoms with Gasteiger partial charge in [-0.1, -0.05) is 24.3 Å². The zero-order chi connectivity index (χ0) is 21.1. The summed E-state index contributed by atoms with van der Waals surface area (Å²) in [5.41, 5.74) is 6.63. The normalized spacial score (nSPS) is 10.7. The molecule has 0 radical (unpaired) electrons. The standard InChI is InChI=1S/C21H15N3O4S2/c22-19(26)12-5-1-2-6-13(12)23-18(25)11-28-21(27)17-10-9-16(29-17)20-24-14-7-3-4-8-15(14)30-20/h1-10H,11H2,(H2,22,26)(H,23,25). The Hall–Kier alpha value is -3.56. The molecule has 0 fully saturated rings. The maximum atomic E-state index is 12.3. The van der Waals surface area contributed by atoms with Gasteiger partial charge in [-0.05, 0) is 36.4 Å². The van der Waals surface area contributed by atoms with Crippen LogP contribution in [0.2, 0.25) is 0 Å². The van der Waals surface area contributed by atoms with Crippen LogP contribution in [-0.4, -0.2) is 29.4 Å². The van der Waals surface area contributed by atoms with Gasteiger partial charge in [0.05, 0.1) is 26.3 Å². The molecule has 2 aromatic carbocycles. The Morgan fingerprint density at radius 1 is 0.967 bits per heavy atom. The lowest BCUT2D eigenvalue weighted by atomic mass is 10.1. The summed E-state index contributed by atoms with van der Waals surface area (Å²) < 4.78 is 6.16. The highest BCUT2D eigenvalue weighted by Crippen LogP contribution is 2.34. The number of thiazole rings is 1. The number of hydrogen-bond acceptors (Lipinski definition) is 7. The molecule has 3 N–H and O–H groups in total. The van der Waals surface area contributed by atoms with E-state index in [9.17, 15) is 14.4 Å². The van der Waals surface area contributed by atoms with Crippen LogP contribution < -0.4 is 11.1 Å². The zero-order valence-electron chi connectivity index (χ0n) is 15.5. The molecule has 0 saturated carbocycles. The average Bonchev–Trinajstić information content (AvgIpc) is 3.39. The summed E-state index contributed by atoms with van der Waals surface area (Å²) in [4.78, 5) is 41.6. The predicted octanol–water partition coefficient (Wildman–Crippen LogP) is 3.92. The molecule has 0 aliphatic carbocycles. The van der Waals surface area contributed by atoms with Crippen LogP contribution in [0.5, 0.6) is 0 Å². The monoisotopic (exact) mass is 437 g/mol. The summed E-state index contributed by atoms with van der Waals surface area (Å²) in [6.07, 6.45) is 0. The van der Waals surface area contributed by atoms with Crippen molar-refractivity contribution in [1.29, 1.82) is 0 Å². The van der Waals surface area contributed by atoms with E-state index in [1.54, 1.807) is 35.6 Å². The van der Waals surface area contributed by atoms with Gasteiger partial charge in [0, 0.05) is 0 Å². The first kappa shape index (κ1) is 19.7. The number of para-hydroxylation sites is 2. The second-order valence-corrected chi connectivity index (χ2v) is 8.30. The number of hydrogen-bond donors (Lipinski definition) is 2. The van der Waals surface area contributed by atoms with Gasteiger partial charge in [0.25, 0.3) is 11.8 Å². The Morgan fingerprint density at radius 3 is 2.53 bits per heavy atom. The molecular formula is C21H15N3O4S2. The highest BCUT2D eigenvalue weighted by Gasteiger charge is 2.16. The molecule has 0 aliphatic rings. The molecule has 7 nitrogen and oxygen atoms in total. The van der Waals surface area contributed by atoms with Crippen LogP contribution in [0.4, 0.5) is 5.69 Å². The molecule has 0 atom stereocenters. The summed E-state index contributed by atoms with van der Waals surface area (Å²) in [7, 11) is 0. The Labute approximate surface area is 179 Å². The minimum atomic E-state index is -0.663. The second-order valence-electron chi connectivity index (χ2n) is 6.18. The van der Waals surface area contributed by atoms with Crippen molar-refractivity contribution in [3.05, 3.63) is 71.1 Å². The van der Waals surface area contributed by atoms with E-state index in [1.807, 2.05) is 30.3 Å². The van der Waals surface area contributed by atoms with E-state index in [4.69, 9.17) is 10.5 Å². The topological polar surface area (TPSA) is 111 Å². The Balaban J connectivity index is 1.39. The fourth-order valence-corrected chi connectivity index (χ4v) is 4.66. The Kier molecular flexibility index (Phi) is 5.55. The summed E-state index contributed by atoms with van der Waals surface area (Å²) in [5.74, 6) is -1.84.